The third kappa shape index (κ3) is 5.93. The predicted molar refractivity (Wildman–Crippen MR) is 155 cm³/mol. The molecule has 3 heterocycles. The molecule has 10 nitrogen and oxygen atoms in total. The zero-order valence-electron chi connectivity index (χ0n) is 22.5. The maximum absolute atomic E-state index is 14.2. The molecule has 1 atom stereocenters. The number of fused-ring (bicyclic) bond motifs is 1. The van der Waals surface area contributed by atoms with Gasteiger partial charge in [0.2, 0.25) is 15.9 Å². The van der Waals surface area contributed by atoms with Crippen molar-refractivity contribution in [3.05, 3.63) is 41.4 Å². The summed E-state index contributed by atoms with van der Waals surface area (Å²) in [7, 11) is -0.741. The van der Waals surface area contributed by atoms with E-state index < -0.39 is 16.1 Å². The van der Waals surface area contributed by atoms with E-state index in [0.29, 0.717) is 66.2 Å². The zero-order chi connectivity index (χ0) is 28.3. The number of methoxy groups -OCH3 is 2. The molecule has 0 N–H and O–H groups in total. The second-order valence-corrected chi connectivity index (χ2v) is 13.0. The molecule has 2 saturated heterocycles. The van der Waals surface area contributed by atoms with E-state index >= 15 is 0 Å². The first kappa shape index (κ1) is 29.0. The van der Waals surface area contributed by atoms with Crippen molar-refractivity contribution in [2.45, 2.75) is 30.2 Å². The maximum atomic E-state index is 14.2. The lowest BCUT2D eigenvalue weighted by atomic mass is 10.2. The molecule has 3 aromatic rings. The average Bonchev–Trinajstić information content (AvgIpc) is 3.64. The molecule has 5 rings (SSSR count). The van der Waals surface area contributed by atoms with Crippen molar-refractivity contribution < 1.29 is 27.4 Å². The molecule has 1 unspecified atom stereocenters. The van der Waals surface area contributed by atoms with Crippen molar-refractivity contribution in [3.8, 4) is 11.5 Å². The fourth-order valence-corrected chi connectivity index (χ4v) is 8.05. The normalized spacial score (nSPS) is 18.7. The van der Waals surface area contributed by atoms with Gasteiger partial charge in [0.25, 0.3) is 0 Å². The van der Waals surface area contributed by atoms with Crippen LogP contribution in [-0.2, 0) is 19.6 Å². The second kappa shape index (κ2) is 12.6. The molecular formula is C27H33ClN4O6S2. The van der Waals surface area contributed by atoms with Gasteiger partial charge in [0, 0.05) is 37.7 Å². The van der Waals surface area contributed by atoms with Gasteiger partial charge in [0.1, 0.15) is 27.8 Å². The van der Waals surface area contributed by atoms with Gasteiger partial charge >= 0.3 is 0 Å². The van der Waals surface area contributed by atoms with E-state index in [1.807, 2.05) is 6.07 Å². The Morgan fingerprint density at radius 1 is 1.10 bits per heavy atom. The zero-order valence-corrected chi connectivity index (χ0v) is 24.9. The number of rotatable bonds is 10. The Balaban J connectivity index is 1.47. The number of anilines is 1. The molecule has 2 aromatic carbocycles. The summed E-state index contributed by atoms with van der Waals surface area (Å²) in [6.45, 7) is 4.54. The first-order chi connectivity index (χ1) is 19.3. The van der Waals surface area contributed by atoms with Crippen LogP contribution in [0.4, 0.5) is 5.13 Å². The molecule has 0 bridgehead atoms. The summed E-state index contributed by atoms with van der Waals surface area (Å²) in [6.07, 6.45) is 1.72. The standard InChI is InChI=1S/C27H33ClN4O6S2/c1-36-22-10-11-23(37-2)25-24(22)29-27(39-25)31(13-4-12-30-15-17-38-18-16-30)26(33)21-5-3-14-32(21)40(34,35)20-8-6-19(28)7-9-20/h6-11,21H,3-5,12-18H2,1-2H3. The van der Waals surface area contributed by atoms with E-state index in [0.717, 1.165) is 24.3 Å². The second-order valence-electron chi connectivity index (χ2n) is 9.67. The third-order valence-corrected chi connectivity index (χ3v) is 10.5. The Hall–Kier alpha value is -2.48. The van der Waals surface area contributed by atoms with E-state index in [2.05, 4.69) is 4.90 Å². The highest BCUT2D eigenvalue weighted by Crippen LogP contribution is 2.41. The van der Waals surface area contributed by atoms with E-state index in [-0.39, 0.29) is 17.3 Å². The summed E-state index contributed by atoms with van der Waals surface area (Å²) in [5.74, 6) is 0.925. The van der Waals surface area contributed by atoms with Crippen molar-refractivity contribution in [1.29, 1.82) is 0 Å². The number of ether oxygens (including phenoxy) is 3. The topological polar surface area (TPSA) is 102 Å². The molecule has 40 heavy (non-hydrogen) atoms. The van der Waals surface area contributed by atoms with Crippen LogP contribution in [0.1, 0.15) is 19.3 Å². The van der Waals surface area contributed by atoms with E-state index in [1.165, 1.54) is 27.8 Å². The minimum Gasteiger partial charge on any atom is -0.495 e. The van der Waals surface area contributed by atoms with Crippen molar-refractivity contribution in [1.82, 2.24) is 14.2 Å². The molecular weight excluding hydrogens is 576 g/mol. The number of carbonyl (C=O) groups is 1. The molecule has 0 spiro atoms. The first-order valence-electron chi connectivity index (χ1n) is 13.2. The lowest BCUT2D eigenvalue weighted by Gasteiger charge is -2.30. The number of morpholine rings is 1. The van der Waals surface area contributed by atoms with Gasteiger partial charge in [-0.15, -0.1) is 0 Å². The molecule has 1 amide bonds. The van der Waals surface area contributed by atoms with Crippen molar-refractivity contribution >= 4 is 54.2 Å². The lowest BCUT2D eigenvalue weighted by Crippen LogP contribution is -2.48. The highest BCUT2D eigenvalue weighted by molar-refractivity contribution is 7.89. The number of hydrogen-bond donors (Lipinski definition) is 0. The Bertz CT molecular complexity index is 1400. The summed E-state index contributed by atoms with van der Waals surface area (Å²) >= 11 is 7.33. The number of sulfonamides is 1. The van der Waals surface area contributed by atoms with Crippen LogP contribution in [0.5, 0.6) is 11.5 Å². The van der Waals surface area contributed by atoms with Gasteiger partial charge in [-0.05, 0) is 55.7 Å². The van der Waals surface area contributed by atoms with Crippen LogP contribution in [0.3, 0.4) is 0 Å². The SMILES string of the molecule is COc1ccc(OC)c2sc(N(CCCN3CCOCC3)C(=O)C3CCCN3S(=O)(=O)c3ccc(Cl)cc3)nc12. The monoisotopic (exact) mass is 608 g/mol. The van der Waals surface area contributed by atoms with Gasteiger partial charge in [0.15, 0.2) is 5.13 Å². The van der Waals surface area contributed by atoms with Crippen LogP contribution in [0.15, 0.2) is 41.3 Å². The van der Waals surface area contributed by atoms with Gasteiger partial charge < -0.3 is 14.2 Å². The fraction of sp³-hybridized carbons (Fsp3) is 0.481. The Morgan fingerprint density at radius 2 is 1.80 bits per heavy atom. The molecule has 2 aliphatic heterocycles. The van der Waals surface area contributed by atoms with Crippen LogP contribution in [0.25, 0.3) is 10.2 Å². The Morgan fingerprint density at radius 3 is 2.50 bits per heavy atom. The van der Waals surface area contributed by atoms with Crippen LogP contribution in [0, 0.1) is 0 Å². The van der Waals surface area contributed by atoms with Crippen LogP contribution >= 0.6 is 22.9 Å². The first-order valence-corrected chi connectivity index (χ1v) is 15.9. The van der Waals surface area contributed by atoms with Crippen molar-refractivity contribution in [2.75, 3.05) is 65.1 Å². The van der Waals surface area contributed by atoms with Gasteiger partial charge in [-0.3, -0.25) is 14.6 Å². The largest absolute Gasteiger partial charge is 0.495 e. The minimum atomic E-state index is -3.90. The minimum absolute atomic E-state index is 0.116. The summed E-state index contributed by atoms with van der Waals surface area (Å²) in [4.78, 5) is 23.1. The number of halogens is 1. The van der Waals surface area contributed by atoms with E-state index in [9.17, 15) is 13.2 Å². The fourth-order valence-electron chi connectivity index (χ4n) is 5.16. The maximum Gasteiger partial charge on any atom is 0.247 e. The highest BCUT2D eigenvalue weighted by Gasteiger charge is 2.42. The number of hydrogen-bond acceptors (Lipinski definition) is 9. The third-order valence-electron chi connectivity index (χ3n) is 7.26. The van der Waals surface area contributed by atoms with Gasteiger partial charge in [-0.25, -0.2) is 13.4 Å². The van der Waals surface area contributed by atoms with Crippen LogP contribution in [0.2, 0.25) is 5.02 Å². The van der Waals surface area contributed by atoms with Crippen LogP contribution in [-0.4, -0.2) is 94.7 Å². The number of carbonyl (C=O) groups excluding carboxylic acids is 1. The quantitative estimate of drug-likeness (QED) is 0.342. The molecule has 0 saturated carbocycles. The lowest BCUT2D eigenvalue weighted by molar-refractivity contribution is -0.121. The Kier molecular flexibility index (Phi) is 9.13. The average molecular weight is 609 g/mol. The smallest absolute Gasteiger partial charge is 0.247 e. The molecule has 13 heteroatoms. The van der Waals surface area contributed by atoms with E-state index in [4.69, 9.17) is 30.8 Å². The van der Waals surface area contributed by atoms with Gasteiger partial charge in [-0.1, -0.05) is 22.9 Å². The Labute approximate surface area is 243 Å². The predicted octanol–water partition coefficient (Wildman–Crippen LogP) is 3.88. The van der Waals surface area contributed by atoms with Crippen molar-refractivity contribution in [2.24, 2.45) is 0 Å². The summed E-state index contributed by atoms with van der Waals surface area (Å²) in [5.41, 5.74) is 0.602. The van der Waals surface area contributed by atoms with Crippen molar-refractivity contribution in [3.63, 3.8) is 0 Å². The number of benzene rings is 2. The van der Waals surface area contributed by atoms with Gasteiger partial charge in [-0.2, -0.15) is 4.31 Å². The highest BCUT2D eigenvalue weighted by atomic mass is 35.5. The summed E-state index contributed by atoms with van der Waals surface area (Å²) in [6, 6.07) is 8.80. The summed E-state index contributed by atoms with van der Waals surface area (Å²) in [5, 5.41) is 0.932. The van der Waals surface area contributed by atoms with Gasteiger partial charge in [0.05, 0.1) is 32.3 Å². The number of thiazole rings is 1. The molecule has 0 radical (unpaired) electrons. The molecule has 2 aliphatic rings. The molecule has 1 aromatic heterocycles. The molecule has 0 aliphatic carbocycles. The number of amides is 1. The number of nitrogens with zero attached hydrogens (tertiary/aromatic N) is 4. The van der Waals surface area contributed by atoms with E-state index in [1.54, 1.807) is 37.3 Å². The molecule has 216 valence electrons. The molecule has 2 fully saturated rings. The van der Waals surface area contributed by atoms with Crippen LogP contribution < -0.4 is 14.4 Å². The summed E-state index contributed by atoms with van der Waals surface area (Å²) < 4.78 is 45.8. The number of aromatic nitrogens is 1.